The second-order valence-electron chi connectivity index (χ2n) is 7.15. The second-order valence-corrected chi connectivity index (χ2v) is 7.15. The van der Waals surface area contributed by atoms with Crippen molar-refractivity contribution in [2.75, 3.05) is 0 Å². The maximum absolute atomic E-state index is 4.96. The Bertz CT molecular complexity index is 1180. The minimum absolute atomic E-state index is 1.05. The Morgan fingerprint density at radius 1 is 0.840 bits per heavy atom. The summed E-state index contributed by atoms with van der Waals surface area (Å²) in [5.74, 6) is 0. The van der Waals surface area contributed by atoms with Gasteiger partial charge in [-0.1, -0.05) is 48.5 Å². The summed E-state index contributed by atoms with van der Waals surface area (Å²) in [6.07, 6.45) is 5.78. The molecule has 0 atom stereocenters. The maximum atomic E-state index is 4.96. The number of fused-ring (bicyclic) bond motifs is 4. The zero-order chi connectivity index (χ0) is 16.4. The van der Waals surface area contributed by atoms with E-state index in [1.807, 2.05) is 0 Å². The summed E-state index contributed by atoms with van der Waals surface area (Å²) < 4.78 is 2.53. The normalized spacial score (nSPS) is 16.0. The van der Waals surface area contributed by atoms with Gasteiger partial charge in [-0.2, -0.15) is 0 Å². The number of hydrogen-bond donors (Lipinski definition) is 0. The van der Waals surface area contributed by atoms with E-state index in [2.05, 4.69) is 65.4 Å². The van der Waals surface area contributed by atoms with E-state index in [1.165, 1.54) is 52.2 Å². The van der Waals surface area contributed by atoms with Crippen LogP contribution in [0.2, 0.25) is 0 Å². The standard InChI is InChI=1S/C23H18N2/c1-2-7-15(8-3-1)22-21-17-11-6-9-16(17)14-25-20-12-5-4-10-18(20)19(13-24-22)23(21)25/h1-5,7-8,10,12-13H,6,9,11,14H2. The van der Waals surface area contributed by atoms with E-state index < -0.39 is 0 Å². The van der Waals surface area contributed by atoms with Crippen molar-refractivity contribution in [3.63, 3.8) is 0 Å². The molecule has 2 aromatic carbocycles. The molecule has 0 fully saturated rings. The van der Waals surface area contributed by atoms with Crippen molar-refractivity contribution >= 4 is 27.4 Å². The van der Waals surface area contributed by atoms with Gasteiger partial charge >= 0.3 is 0 Å². The summed E-state index contributed by atoms with van der Waals surface area (Å²) in [5, 5.41) is 2.62. The van der Waals surface area contributed by atoms with Crippen LogP contribution in [0.15, 0.2) is 66.4 Å². The molecule has 1 aliphatic carbocycles. The van der Waals surface area contributed by atoms with Crippen LogP contribution >= 0.6 is 0 Å². The SMILES string of the molecule is c1ccc(-c2ncc3c4ccccc4n4c3c2C2=C(CCC2)C4)cc1. The summed E-state index contributed by atoms with van der Waals surface area (Å²) in [4.78, 5) is 4.96. The summed E-state index contributed by atoms with van der Waals surface area (Å²) in [5.41, 5.74) is 9.65. The van der Waals surface area contributed by atoms with Gasteiger partial charge < -0.3 is 4.57 Å². The van der Waals surface area contributed by atoms with Crippen LogP contribution < -0.4 is 0 Å². The first-order valence-corrected chi connectivity index (χ1v) is 9.08. The summed E-state index contributed by atoms with van der Waals surface area (Å²) in [6, 6.07) is 19.4. The molecule has 6 rings (SSSR count). The molecule has 0 amide bonds. The van der Waals surface area contributed by atoms with Gasteiger partial charge in [0, 0.05) is 40.2 Å². The number of para-hydroxylation sites is 1. The van der Waals surface area contributed by atoms with Crippen LogP contribution in [0.25, 0.3) is 38.6 Å². The lowest BCUT2D eigenvalue weighted by molar-refractivity contribution is 0.793. The average Bonchev–Trinajstić information content (AvgIpc) is 3.27. The van der Waals surface area contributed by atoms with Crippen molar-refractivity contribution in [1.29, 1.82) is 0 Å². The van der Waals surface area contributed by atoms with E-state index in [0.717, 1.165) is 12.2 Å². The number of hydrogen-bond acceptors (Lipinski definition) is 1. The van der Waals surface area contributed by atoms with Crippen molar-refractivity contribution in [2.45, 2.75) is 25.8 Å². The van der Waals surface area contributed by atoms with Crippen molar-refractivity contribution in [3.8, 4) is 11.3 Å². The van der Waals surface area contributed by atoms with Crippen LogP contribution in [0.4, 0.5) is 0 Å². The molecule has 0 saturated heterocycles. The van der Waals surface area contributed by atoms with Gasteiger partial charge in [0.05, 0.1) is 11.2 Å². The predicted octanol–water partition coefficient (Wildman–Crippen LogP) is 5.81. The predicted molar refractivity (Wildman–Crippen MR) is 103 cm³/mol. The fourth-order valence-corrected chi connectivity index (χ4v) is 4.77. The van der Waals surface area contributed by atoms with Crippen molar-refractivity contribution in [3.05, 3.63) is 71.9 Å². The molecule has 2 aliphatic rings. The molecule has 3 heterocycles. The van der Waals surface area contributed by atoms with Crippen LogP contribution in [-0.4, -0.2) is 9.55 Å². The Hall–Kier alpha value is -2.87. The van der Waals surface area contributed by atoms with Crippen molar-refractivity contribution in [2.24, 2.45) is 0 Å². The van der Waals surface area contributed by atoms with Crippen LogP contribution in [0, 0.1) is 0 Å². The molecule has 2 aromatic heterocycles. The second kappa shape index (κ2) is 4.82. The molecule has 0 bridgehead atoms. The fourth-order valence-electron chi connectivity index (χ4n) is 4.77. The van der Waals surface area contributed by atoms with E-state index in [1.54, 1.807) is 11.1 Å². The van der Waals surface area contributed by atoms with Gasteiger partial charge in [0.2, 0.25) is 0 Å². The fraction of sp³-hybridized carbons (Fsp3) is 0.174. The zero-order valence-corrected chi connectivity index (χ0v) is 14.0. The minimum atomic E-state index is 1.05. The number of rotatable bonds is 1. The molecule has 0 radical (unpaired) electrons. The molecule has 25 heavy (non-hydrogen) atoms. The summed E-state index contributed by atoms with van der Waals surface area (Å²) in [6.45, 7) is 1.05. The highest BCUT2D eigenvalue weighted by molar-refractivity contribution is 6.13. The van der Waals surface area contributed by atoms with Crippen LogP contribution in [-0.2, 0) is 6.54 Å². The first-order valence-electron chi connectivity index (χ1n) is 9.08. The van der Waals surface area contributed by atoms with E-state index >= 15 is 0 Å². The van der Waals surface area contributed by atoms with Gasteiger partial charge in [0.1, 0.15) is 0 Å². The van der Waals surface area contributed by atoms with Gasteiger partial charge in [-0.25, -0.2) is 0 Å². The zero-order valence-electron chi connectivity index (χ0n) is 14.0. The maximum Gasteiger partial charge on any atom is 0.0798 e. The first kappa shape index (κ1) is 13.4. The Kier molecular flexibility index (Phi) is 2.59. The van der Waals surface area contributed by atoms with Crippen LogP contribution in [0.1, 0.15) is 24.8 Å². The Labute approximate surface area is 146 Å². The third kappa shape index (κ3) is 1.72. The first-order chi connectivity index (χ1) is 12.4. The monoisotopic (exact) mass is 322 g/mol. The molecule has 0 spiro atoms. The average molecular weight is 322 g/mol. The highest BCUT2D eigenvalue weighted by Crippen LogP contribution is 2.47. The topological polar surface area (TPSA) is 17.8 Å². The van der Waals surface area contributed by atoms with Crippen molar-refractivity contribution < 1.29 is 0 Å². The van der Waals surface area contributed by atoms with Crippen molar-refractivity contribution in [1.82, 2.24) is 9.55 Å². The van der Waals surface area contributed by atoms with Gasteiger partial charge in [0.25, 0.3) is 0 Å². The number of nitrogens with zero attached hydrogens (tertiary/aromatic N) is 2. The lowest BCUT2D eigenvalue weighted by Crippen LogP contribution is -2.09. The summed E-state index contributed by atoms with van der Waals surface area (Å²) >= 11 is 0. The molecular formula is C23H18N2. The number of aromatic nitrogens is 2. The number of allylic oxidation sites excluding steroid dienone is 2. The highest BCUT2D eigenvalue weighted by atomic mass is 15.0. The molecule has 0 N–H and O–H groups in total. The number of benzene rings is 2. The smallest absolute Gasteiger partial charge is 0.0798 e. The Morgan fingerprint density at radius 2 is 1.68 bits per heavy atom. The summed E-state index contributed by atoms with van der Waals surface area (Å²) in [7, 11) is 0. The van der Waals surface area contributed by atoms with Gasteiger partial charge in [-0.05, 0) is 36.5 Å². The molecule has 2 heteroatoms. The third-order valence-corrected chi connectivity index (χ3v) is 5.84. The van der Waals surface area contributed by atoms with E-state index in [4.69, 9.17) is 4.98 Å². The molecule has 4 aromatic rings. The van der Waals surface area contributed by atoms with Crippen LogP contribution in [0.5, 0.6) is 0 Å². The Morgan fingerprint density at radius 3 is 2.60 bits per heavy atom. The molecule has 1 aliphatic heterocycles. The quantitative estimate of drug-likeness (QED) is 0.432. The molecule has 2 nitrogen and oxygen atoms in total. The van der Waals surface area contributed by atoms with Crippen LogP contribution in [0.3, 0.4) is 0 Å². The minimum Gasteiger partial charge on any atom is -0.336 e. The van der Waals surface area contributed by atoms with E-state index in [-0.39, 0.29) is 0 Å². The lowest BCUT2D eigenvalue weighted by Gasteiger charge is -2.22. The molecule has 0 saturated carbocycles. The molecular weight excluding hydrogens is 304 g/mol. The number of pyridine rings is 1. The molecule has 0 unspecified atom stereocenters. The third-order valence-electron chi connectivity index (χ3n) is 5.84. The van der Waals surface area contributed by atoms with Gasteiger partial charge in [0.15, 0.2) is 0 Å². The van der Waals surface area contributed by atoms with E-state index in [9.17, 15) is 0 Å². The van der Waals surface area contributed by atoms with E-state index in [0.29, 0.717) is 0 Å². The van der Waals surface area contributed by atoms with Gasteiger partial charge in [-0.15, -0.1) is 0 Å². The lowest BCUT2D eigenvalue weighted by atomic mass is 9.93. The largest absolute Gasteiger partial charge is 0.336 e. The highest BCUT2D eigenvalue weighted by Gasteiger charge is 2.29. The molecule has 120 valence electrons. The van der Waals surface area contributed by atoms with Gasteiger partial charge in [-0.3, -0.25) is 4.98 Å². The Balaban J connectivity index is 1.81.